The maximum absolute atomic E-state index is 14.3. The van der Waals surface area contributed by atoms with Crippen molar-refractivity contribution < 1.29 is 23.5 Å². The lowest BCUT2D eigenvalue weighted by Gasteiger charge is -2.23. The van der Waals surface area contributed by atoms with Gasteiger partial charge in [0.1, 0.15) is 22.8 Å². The number of carbonyl (C=O) groups excluding carboxylic acids is 2. The lowest BCUT2D eigenvalue weighted by molar-refractivity contribution is 0.0502. The molecule has 2 N–H and O–H groups in total. The van der Waals surface area contributed by atoms with Gasteiger partial charge in [-0.25, -0.2) is 23.5 Å². The predicted octanol–water partition coefficient (Wildman–Crippen LogP) is 4.39. The fourth-order valence-electron chi connectivity index (χ4n) is 4.14. The first-order chi connectivity index (χ1) is 17.5. The number of aromatic nitrogens is 4. The third kappa shape index (κ3) is 6.33. The molecule has 0 saturated heterocycles. The highest BCUT2D eigenvalue weighted by Gasteiger charge is 2.46. The second-order valence-corrected chi connectivity index (χ2v) is 10.3. The minimum absolute atomic E-state index is 0.162. The van der Waals surface area contributed by atoms with Crippen LogP contribution in [0.3, 0.4) is 0 Å². The van der Waals surface area contributed by atoms with Crippen molar-refractivity contribution in [1.82, 2.24) is 24.9 Å². The zero-order valence-electron chi connectivity index (χ0n) is 21.8. The third-order valence-electron chi connectivity index (χ3n) is 6.01. The molecule has 0 aromatic carbocycles. The van der Waals surface area contributed by atoms with E-state index >= 15 is 0 Å². The second kappa shape index (κ2) is 10.3. The van der Waals surface area contributed by atoms with Crippen molar-refractivity contribution >= 4 is 23.5 Å². The molecule has 1 saturated carbocycles. The van der Waals surface area contributed by atoms with Gasteiger partial charge < -0.3 is 20.1 Å². The van der Waals surface area contributed by atoms with E-state index in [0.717, 1.165) is 24.1 Å². The van der Waals surface area contributed by atoms with Gasteiger partial charge in [0.2, 0.25) is 0 Å². The van der Waals surface area contributed by atoms with Crippen LogP contribution in [0.1, 0.15) is 75.5 Å². The minimum atomic E-state index is -0.579. The van der Waals surface area contributed by atoms with Crippen molar-refractivity contribution in [3.8, 4) is 0 Å². The van der Waals surface area contributed by atoms with Gasteiger partial charge in [0.15, 0.2) is 5.65 Å². The van der Waals surface area contributed by atoms with Crippen molar-refractivity contribution in [3.05, 3.63) is 53.4 Å². The molecule has 3 heterocycles. The zero-order chi connectivity index (χ0) is 26.8. The molecular weight excluding hydrogens is 479 g/mol. The van der Waals surface area contributed by atoms with Gasteiger partial charge in [-0.3, -0.25) is 4.98 Å². The number of amides is 1. The molecule has 1 aliphatic carbocycles. The van der Waals surface area contributed by atoms with E-state index in [0.29, 0.717) is 24.3 Å². The molecular formula is C26H33FN6O4. The molecule has 3 aromatic heterocycles. The van der Waals surface area contributed by atoms with Crippen LogP contribution in [-0.4, -0.2) is 49.9 Å². The summed E-state index contributed by atoms with van der Waals surface area (Å²) in [5.74, 6) is -0.379. The molecule has 0 aliphatic heterocycles. The molecule has 1 fully saturated rings. The number of halogens is 1. The van der Waals surface area contributed by atoms with Gasteiger partial charge in [0.25, 0.3) is 0 Å². The molecule has 1 aliphatic rings. The quantitative estimate of drug-likeness (QED) is 0.405. The van der Waals surface area contributed by atoms with Crippen molar-refractivity contribution in [2.75, 3.05) is 11.9 Å². The number of alkyl carbamates (subject to hydrolysis) is 1. The van der Waals surface area contributed by atoms with Crippen LogP contribution < -0.4 is 10.6 Å². The smallest absolute Gasteiger partial charge is 0.407 e. The topological polar surface area (TPSA) is 120 Å². The fraction of sp³-hybridized carbons (Fsp3) is 0.500. The number of rotatable bonds is 9. The van der Waals surface area contributed by atoms with Gasteiger partial charge in [-0.05, 0) is 72.4 Å². The Kier molecular flexibility index (Phi) is 7.33. The number of nitrogens with one attached hydrogen (secondary N) is 2. The molecule has 3 aromatic rings. The van der Waals surface area contributed by atoms with Crippen LogP contribution in [-0.2, 0) is 21.4 Å². The Bertz CT molecular complexity index is 1300. The number of hydrogen-bond donors (Lipinski definition) is 2. The van der Waals surface area contributed by atoms with Gasteiger partial charge in [-0.1, -0.05) is 0 Å². The van der Waals surface area contributed by atoms with Crippen LogP contribution in [0.5, 0.6) is 0 Å². The molecule has 1 atom stereocenters. The van der Waals surface area contributed by atoms with Gasteiger partial charge in [0.05, 0.1) is 24.5 Å². The number of aryl methyl sites for hydroxylation is 1. The van der Waals surface area contributed by atoms with Crippen LogP contribution in [0, 0.1) is 5.82 Å². The molecule has 0 unspecified atom stereocenters. The molecule has 11 heteroatoms. The van der Waals surface area contributed by atoms with Gasteiger partial charge >= 0.3 is 12.1 Å². The number of pyridine rings is 1. The lowest BCUT2D eigenvalue weighted by Crippen LogP contribution is -2.38. The molecule has 10 nitrogen and oxygen atoms in total. The van der Waals surface area contributed by atoms with Crippen molar-refractivity contribution in [1.29, 1.82) is 0 Å². The highest BCUT2D eigenvalue weighted by atomic mass is 19.1. The van der Waals surface area contributed by atoms with E-state index in [1.165, 1.54) is 23.0 Å². The molecule has 198 valence electrons. The molecule has 0 radical (unpaired) electrons. The molecule has 0 bridgehead atoms. The molecule has 37 heavy (non-hydrogen) atoms. The SMILES string of the molecule is CCOC(=O)c1cnn2ccc(NC3(c4cc(F)cnc4CC[C@@H](C)NC(=O)OC(C)(C)C)CC3)nc12. The van der Waals surface area contributed by atoms with E-state index in [2.05, 4.69) is 25.7 Å². The number of ether oxygens (including phenoxy) is 2. The van der Waals surface area contributed by atoms with Crippen LogP contribution in [0.15, 0.2) is 30.7 Å². The number of fused-ring (bicyclic) bond motifs is 1. The van der Waals surface area contributed by atoms with E-state index in [1.54, 1.807) is 19.2 Å². The standard InChI is InChI=1S/C26H33FN6O4/c1-6-36-23(34)18-15-29-33-12-9-21(31-22(18)33)32-26(10-11-26)19-13-17(27)14-28-20(19)8-7-16(2)30-24(35)37-25(3,4)5/h9,12-16H,6-8,10-11H2,1-5H3,(H,30,35)(H,31,32)/t16-/m1/s1. The van der Waals surface area contributed by atoms with Gasteiger partial charge in [0, 0.05) is 23.5 Å². The number of carbonyl (C=O) groups is 2. The van der Waals surface area contributed by atoms with Crippen molar-refractivity contribution in [2.45, 2.75) is 77.5 Å². The highest BCUT2D eigenvalue weighted by Crippen LogP contribution is 2.49. The molecule has 4 rings (SSSR count). The summed E-state index contributed by atoms with van der Waals surface area (Å²) in [7, 11) is 0. The Labute approximate surface area is 215 Å². The number of anilines is 1. The third-order valence-corrected chi connectivity index (χ3v) is 6.01. The zero-order valence-corrected chi connectivity index (χ0v) is 21.8. The Morgan fingerprint density at radius 2 is 2.03 bits per heavy atom. The van der Waals surface area contributed by atoms with E-state index in [4.69, 9.17) is 9.47 Å². The fourth-order valence-corrected chi connectivity index (χ4v) is 4.14. The molecule has 1 amide bonds. The first kappa shape index (κ1) is 26.3. The summed E-state index contributed by atoms with van der Waals surface area (Å²) in [6, 6.07) is 3.11. The van der Waals surface area contributed by atoms with E-state index < -0.39 is 29.0 Å². The monoisotopic (exact) mass is 512 g/mol. The van der Waals surface area contributed by atoms with Gasteiger partial charge in [-0.2, -0.15) is 5.10 Å². The van der Waals surface area contributed by atoms with Crippen LogP contribution in [0.4, 0.5) is 15.0 Å². The van der Waals surface area contributed by atoms with E-state index in [9.17, 15) is 14.0 Å². The maximum atomic E-state index is 14.3. The minimum Gasteiger partial charge on any atom is -0.462 e. The predicted molar refractivity (Wildman–Crippen MR) is 135 cm³/mol. The highest BCUT2D eigenvalue weighted by molar-refractivity contribution is 5.95. The summed E-state index contributed by atoms with van der Waals surface area (Å²) in [5.41, 5.74) is 1.06. The Morgan fingerprint density at radius 3 is 2.70 bits per heavy atom. The Morgan fingerprint density at radius 1 is 1.27 bits per heavy atom. The normalized spacial score (nSPS) is 15.2. The van der Waals surface area contributed by atoms with Crippen LogP contribution >= 0.6 is 0 Å². The van der Waals surface area contributed by atoms with Crippen molar-refractivity contribution in [2.24, 2.45) is 0 Å². The second-order valence-electron chi connectivity index (χ2n) is 10.3. The number of hydrogen-bond acceptors (Lipinski definition) is 8. The Balaban J connectivity index is 1.51. The van der Waals surface area contributed by atoms with Crippen molar-refractivity contribution in [3.63, 3.8) is 0 Å². The van der Waals surface area contributed by atoms with Crippen LogP contribution in [0.2, 0.25) is 0 Å². The summed E-state index contributed by atoms with van der Waals surface area (Å²) < 4.78 is 26.2. The largest absolute Gasteiger partial charge is 0.462 e. The first-order valence-corrected chi connectivity index (χ1v) is 12.4. The summed E-state index contributed by atoms with van der Waals surface area (Å²) in [5, 5.41) is 10.4. The van der Waals surface area contributed by atoms with Crippen LogP contribution in [0.25, 0.3) is 5.65 Å². The summed E-state index contributed by atoms with van der Waals surface area (Å²) in [6.07, 6.45) is 6.55. The average Bonchev–Trinajstić information content (AvgIpc) is 3.46. The summed E-state index contributed by atoms with van der Waals surface area (Å²) in [6.45, 7) is 9.31. The number of esters is 1. The maximum Gasteiger partial charge on any atom is 0.407 e. The Hall–Kier alpha value is -3.76. The number of nitrogens with zero attached hydrogens (tertiary/aromatic N) is 4. The van der Waals surface area contributed by atoms with Gasteiger partial charge in [-0.15, -0.1) is 0 Å². The molecule has 0 spiro atoms. The van der Waals surface area contributed by atoms with E-state index in [-0.39, 0.29) is 18.2 Å². The average molecular weight is 513 g/mol. The van der Waals surface area contributed by atoms with E-state index in [1.807, 2.05) is 27.7 Å². The lowest BCUT2D eigenvalue weighted by atomic mass is 9.98. The summed E-state index contributed by atoms with van der Waals surface area (Å²) >= 11 is 0. The first-order valence-electron chi connectivity index (χ1n) is 12.4. The summed E-state index contributed by atoms with van der Waals surface area (Å²) in [4.78, 5) is 33.3.